The summed E-state index contributed by atoms with van der Waals surface area (Å²) in [5.74, 6) is 0.780. The van der Waals surface area contributed by atoms with E-state index < -0.39 is 0 Å². The van der Waals surface area contributed by atoms with Crippen molar-refractivity contribution >= 4 is 51.8 Å². The smallest absolute Gasteiger partial charge is 0.185 e. The average Bonchev–Trinajstić information content (AvgIpc) is 2.25. The Bertz CT molecular complexity index is 423. The number of hydrogen-bond donors (Lipinski definition) is 1. The molecule has 2 nitrogen and oxygen atoms in total. The molecule has 0 fully saturated rings. The number of benzene rings is 1. The number of allylic oxidation sites excluding steroid dienone is 1. The third-order valence-electron chi connectivity index (χ3n) is 2.00. The molecule has 0 amide bonds. The van der Waals surface area contributed by atoms with Crippen LogP contribution in [0.1, 0.15) is 18.9 Å². The fourth-order valence-electron chi connectivity index (χ4n) is 1.19. The molecule has 0 aliphatic heterocycles. The maximum Gasteiger partial charge on any atom is 0.185 e. The number of anilines is 1. The molecule has 1 rings (SSSR count). The highest BCUT2D eigenvalue weighted by Crippen LogP contribution is 2.29. The van der Waals surface area contributed by atoms with Gasteiger partial charge in [-0.2, -0.15) is 0 Å². The summed E-state index contributed by atoms with van der Waals surface area (Å²) in [6.07, 6.45) is 4.72. The van der Waals surface area contributed by atoms with Gasteiger partial charge in [0.2, 0.25) is 0 Å². The van der Waals surface area contributed by atoms with Crippen LogP contribution in [-0.4, -0.2) is 10.9 Å². The van der Waals surface area contributed by atoms with Crippen molar-refractivity contribution < 1.29 is 4.79 Å². The molecule has 0 saturated heterocycles. The molecule has 0 spiro atoms. The number of hydrogen-bond acceptors (Lipinski definition) is 3. The SMILES string of the molecule is CC(=O)SCCC=Cc1cc(Cl)c(N)c(Cl)c1. The molecule has 0 heterocycles. The lowest BCUT2D eigenvalue weighted by atomic mass is 10.2. The summed E-state index contributed by atoms with van der Waals surface area (Å²) in [5.41, 5.74) is 6.94. The number of nitrogens with two attached hydrogens (primary N) is 1. The minimum Gasteiger partial charge on any atom is -0.396 e. The number of thioether (sulfide) groups is 1. The summed E-state index contributed by atoms with van der Waals surface area (Å²) in [6, 6.07) is 3.52. The van der Waals surface area contributed by atoms with Crippen LogP contribution in [0.3, 0.4) is 0 Å². The van der Waals surface area contributed by atoms with Gasteiger partial charge in [0.1, 0.15) is 0 Å². The van der Waals surface area contributed by atoms with Crippen LogP contribution in [0.15, 0.2) is 18.2 Å². The molecule has 0 saturated carbocycles. The van der Waals surface area contributed by atoms with Crippen molar-refractivity contribution in [3.63, 3.8) is 0 Å². The summed E-state index contributed by atoms with van der Waals surface area (Å²) in [4.78, 5) is 10.7. The lowest BCUT2D eigenvalue weighted by Gasteiger charge is -2.02. The standard InChI is InChI=1S/C12H13Cl2NOS/c1-8(16)17-5-3-2-4-9-6-10(13)12(15)11(14)7-9/h2,4,6-7H,3,5,15H2,1H3. The van der Waals surface area contributed by atoms with Crippen LogP contribution in [0, 0.1) is 0 Å². The van der Waals surface area contributed by atoms with Crippen LogP contribution in [0.25, 0.3) is 6.08 Å². The van der Waals surface area contributed by atoms with Crippen LogP contribution in [0.5, 0.6) is 0 Å². The highest BCUT2D eigenvalue weighted by atomic mass is 35.5. The number of carbonyl (C=O) groups excluding carboxylic acids is 1. The van der Waals surface area contributed by atoms with E-state index in [1.165, 1.54) is 11.8 Å². The molecule has 0 aliphatic rings. The van der Waals surface area contributed by atoms with Crippen molar-refractivity contribution in [3.8, 4) is 0 Å². The van der Waals surface area contributed by atoms with Crippen LogP contribution in [0.4, 0.5) is 5.69 Å². The lowest BCUT2D eigenvalue weighted by Crippen LogP contribution is -1.88. The molecule has 0 radical (unpaired) electrons. The van der Waals surface area contributed by atoms with Gasteiger partial charge in [-0.3, -0.25) is 4.79 Å². The monoisotopic (exact) mass is 289 g/mol. The van der Waals surface area contributed by atoms with Crippen molar-refractivity contribution in [3.05, 3.63) is 33.8 Å². The zero-order valence-corrected chi connectivity index (χ0v) is 11.7. The van der Waals surface area contributed by atoms with E-state index in [0.717, 1.165) is 17.7 Å². The van der Waals surface area contributed by atoms with Gasteiger partial charge in [0, 0.05) is 12.7 Å². The molecule has 0 unspecified atom stereocenters. The fourth-order valence-corrected chi connectivity index (χ4v) is 2.24. The first kappa shape index (κ1) is 14.4. The molecule has 1 aromatic carbocycles. The maximum atomic E-state index is 10.7. The molecule has 0 atom stereocenters. The first-order valence-corrected chi connectivity index (χ1v) is 6.79. The van der Waals surface area contributed by atoms with Crippen molar-refractivity contribution in [1.82, 2.24) is 0 Å². The minimum absolute atomic E-state index is 0.136. The predicted molar refractivity (Wildman–Crippen MR) is 77.7 cm³/mol. The van der Waals surface area contributed by atoms with Gasteiger partial charge < -0.3 is 5.73 Å². The topological polar surface area (TPSA) is 43.1 Å². The van der Waals surface area contributed by atoms with Gasteiger partial charge >= 0.3 is 0 Å². The highest BCUT2D eigenvalue weighted by molar-refractivity contribution is 8.13. The molecule has 2 N–H and O–H groups in total. The summed E-state index contributed by atoms with van der Waals surface area (Å²) >= 11 is 13.1. The van der Waals surface area contributed by atoms with Gasteiger partial charge in [-0.05, 0) is 24.1 Å². The normalized spacial score (nSPS) is 11.0. The van der Waals surface area contributed by atoms with Gasteiger partial charge in [-0.25, -0.2) is 0 Å². The molecule has 17 heavy (non-hydrogen) atoms. The zero-order valence-electron chi connectivity index (χ0n) is 9.37. The third-order valence-corrected chi connectivity index (χ3v) is 3.47. The maximum absolute atomic E-state index is 10.7. The van der Waals surface area contributed by atoms with E-state index in [9.17, 15) is 4.79 Å². The first-order valence-electron chi connectivity index (χ1n) is 5.05. The van der Waals surface area contributed by atoms with Crippen LogP contribution >= 0.6 is 35.0 Å². The second kappa shape index (κ2) is 6.94. The average molecular weight is 290 g/mol. The Morgan fingerprint density at radius 3 is 2.53 bits per heavy atom. The second-order valence-electron chi connectivity index (χ2n) is 3.43. The van der Waals surface area contributed by atoms with Crippen molar-refractivity contribution in [2.45, 2.75) is 13.3 Å². The Kier molecular flexibility index (Phi) is 5.89. The Balaban J connectivity index is 2.57. The summed E-state index contributed by atoms with van der Waals surface area (Å²) in [5, 5.41) is 1.04. The molecular formula is C12H13Cl2NOS. The van der Waals surface area contributed by atoms with Crippen LogP contribution < -0.4 is 5.73 Å². The van der Waals surface area contributed by atoms with E-state index >= 15 is 0 Å². The quantitative estimate of drug-likeness (QED) is 0.665. The minimum atomic E-state index is 0.136. The summed E-state index contributed by atoms with van der Waals surface area (Å²) in [7, 11) is 0. The summed E-state index contributed by atoms with van der Waals surface area (Å²) in [6.45, 7) is 1.56. The Morgan fingerprint density at radius 2 is 2.00 bits per heavy atom. The molecule has 5 heteroatoms. The Morgan fingerprint density at radius 1 is 1.41 bits per heavy atom. The van der Waals surface area contributed by atoms with Crippen molar-refractivity contribution in [2.75, 3.05) is 11.5 Å². The van der Waals surface area contributed by atoms with E-state index in [0.29, 0.717) is 15.7 Å². The predicted octanol–water partition coefficient (Wildman–Crippen LogP) is 4.26. The highest BCUT2D eigenvalue weighted by Gasteiger charge is 2.02. The van der Waals surface area contributed by atoms with Gasteiger partial charge in [0.15, 0.2) is 5.12 Å². The second-order valence-corrected chi connectivity index (χ2v) is 5.52. The lowest BCUT2D eigenvalue weighted by molar-refractivity contribution is -0.109. The van der Waals surface area contributed by atoms with Crippen LogP contribution in [0.2, 0.25) is 10.0 Å². The summed E-state index contributed by atoms with van der Waals surface area (Å²) < 4.78 is 0. The number of carbonyl (C=O) groups is 1. The molecule has 1 aromatic rings. The fraction of sp³-hybridized carbons (Fsp3) is 0.250. The van der Waals surface area contributed by atoms with Crippen molar-refractivity contribution in [2.24, 2.45) is 0 Å². The van der Waals surface area contributed by atoms with Crippen molar-refractivity contribution in [1.29, 1.82) is 0 Å². The molecule has 0 aliphatic carbocycles. The molecule has 92 valence electrons. The van der Waals surface area contributed by atoms with Gasteiger partial charge in [0.05, 0.1) is 15.7 Å². The first-order chi connectivity index (χ1) is 8.00. The Hall–Kier alpha value is -0.640. The van der Waals surface area contributed by atoms with Crippen LogP contribution in [-0.2, 0) is 4.79 Å². The third kappa shape index (κ3) is 5.02. The van der Waals surface area contributed by atoms with E-state index in [-0.39, 0.29) is 5.12 Å². The molecule has 0 bridgehead atoms. The van der Waals surface area contributed by atoms with E-state index in [1.807, 2.05) is 12.2 Å². The largest absolute Gasteiger partial charge is 0.396 e. The van der Waals surface area contributed by atoms with E-state index in [1.54, 1.807) is 19.1 Å². The molecular weight excluding hydrogens is 277 g/mol. The zero-order chi connectivity index (χ0) is 12.8. The van der Waals surface area contributed by atoms with Gasteiger partial charge in [-0.15, -0.1) is 0 Å². The number of halogens is 2. The van der Waals surface area contributed by atoms with Gasteiger partial charge in [0.25, 0.3) is 0 Å². The van der Waals surface area contributed by atoms with E-state index in [4.69, 9.17) is 28.9 Å². The van der Waals surface area contributed by atoms with E-state index in [2.05, 4.69) is 0 Å². The molecule has 0 aromatic heterocycles. The van der Waals surface area contributed by atoms with Gasteiger partial charge in [-0.1, -0.05) is 47.1 Å². The number of rotatable bonds is 4. The number of nitrogen functional groups attached to an aromatic ring is 1. The Labute approximate surface area is 115 Å².